The molecule has 1 N–H and O–H groups in total. The number of hydrogen-bond donors (Lipinski definition) is 1. The summed E-state index contributed by atoms with van der Waals surface area (Å²) in [4.78, 5) is 10.5. The predicted molar refractivity (Wildman–Crippen MR) is 83.1 cm³/mol. The van der Waals surface area contributed by atoms with Gasteiger partial charge in [-0.1, -0.05) is 6.07 Å². The number of carboxylic acids is 1. The molecule has 1 aromatic heterocycles. The van der Waals surface area contributed by atoms with E-state index in [9.17, 15) is 4.79 Å². The van der Waals surface area contributed by atoms with E-state index in [1.54, 1.807) is 16.8 Å². The third kappa shape index (κ3) is 4.19. The maximum atomic E-state index is 10.5. The minimum atomic E-state index is -0.974. The third-order valence-corrected chi connectivity index (χ3v) is 3.47. The number of rotatable bonds is 5. The van der Waals surface area contributed by atoms with Gasteiger partial charge in [0.1, 0.15) is 12.4 Å². The Morgan fingerprint density at radius 3 is 2.81 bits per heavy atom. The summed E-state index contributed by atoms with van der Waals surface area (Å²) in [5.41, 5.74) is 2.71. The van der Waals surface area contributed by atoms with Gasteiger partial charge in [-0.2, -0.15) is 5.10 Å². The zero-order valence-electron chi connectivity index (χ0n) is 11.7. The number of halogens is 1. The third-order valence-electron chi connectivity index (χ3n) is 2.85. The highest BCUT2D eigenvalue weighted by atomic mass is 79.9. The molecule has 0 unspecified atom stereocenters. The topological polar surface area (TPSA) is 64.3 Å². The molecule has 2 rings (SSSR count). The Labute approximate surface area is 131 Å². The van der Waals surface area contributed by atoms with Crippen LogP contribution < -0.4 is 4.74 Å². The number of aryl methyl sites for hydroxylation is 2. The molecule has 0 fully saturated rings. The molecular weight excluding hydrogens is 336 g/mol. The molecule has 0 saturated carbocycles. The Kier molecular flexibility index (Phi) is 4.80. The van der Waals surface area contributed by atoms with E-state index >= 15 is 0 Å². The Balaban J connectivity index is 2.07. The molecule has 0 aliphatic rings. The van der Waals surface area contributed by atoms with Crippen molar-refractivity contribution in [3.05, 3.63) is 51.8 Å². The highest BCUT2D eigenvalue weighted by Crippen LogP contribution is 2.27. The molecular formula is C15H15BrN2O3. The second-order valence-corrected chi connectivity index (χ2v) is 5.41. The van der Waals surface area contributed by atoms with Gasteiger partial charge in [0.2, 0.25) is 0 Å². The lowest BCUT2D eigenvalue weighted by molar-refractivity contribution is -0.131. The van der Waals surface area contributed by atoms with Crippen LogP contribution in [0, 0.1) is 6.92 Å². The summed E-state index contributed by atoms with van der Waals surface area (Å²) in [7, 11) is 1.88. The number of nitrogens with zero attached hydrogens (tertiary/aromatic N) is 2. The zero-order valence-corrected chi connectivity index (χ0v) is 13.3. The maximum Gasteiger partial charge on any atom is 0.328 e. The first-order chi connectivity index (χ1) is 9.95. The molecule has 0 spiro atoms. The maximum absolute atomic E-state index is 10.5. The highest BCUT2D eigenvalue weighted by molar-refractivity contribution is 9.10. The van der Waals surface area contributed by atoms with Gasteiger partial charge in [-0.05, 0) is 52.7 Å². The lowest BCUT2D eigenvalue weighted by Gasteiger charge is -2.09. The van der Waals surface area contributed by atoms with Crippen LogP contribution >= 0.6 is 15.9 Å². The normalized spacial score (nSPS) is 11.0. The fourth-order valence-corrected chi connectivity index (χ4v) is 2.37. The van der Waals surface area contributed by atoms with Gasteiger partial charge in [-0.25, -0.2) is 4.79 Å². The van der Waals surface area contributed by atoms with Gasteiger partial charge in [-0.15, -0.1) is 0 Å². The number of benzene rings is 1. The second-order valence-electron chi connectivity index (χ2n) is 4.55. The van der Waals surface area contributed by atoms with Crippen LogP contribution in [0.1, 0.15) is 17.0 Å². The van der Waals surface area contributed by atoms with Crippen LogP contribution in [-0.2, 0) is 18.4 Å². The molecule has 0 saturated heterocycles. The summed E-state index contributed by atoms with van der Waals surface area (Å²) in [5.74, 6) is -0.278. The summed E-state index contributed by atoms with van der Waals surface area (Å²) in [6, 6.07) is 7.38. The van der Waals surface area contributed by atoms with Gasteiger partial charge < -0.3 is 9.84 Å². The second kappa shape index (κ2) is 6.58. The fraction of sp³-hybridized carbons (Fsp3) is 0.200. The molecule has 0 aliphatic carbocycles. The van der Waals surface area contributed by atoms with Crippen LogP contribution in [0.3, 0.4) is 0 Å². The van der Waals surface area contributed by atoms with E-state index in [4.69, 9.17) is 9.84 Å². The van der Waals surface area contributed by atoms with Crippen molar-refractivity contribution in [1.29, 1.82) is 0 Å². The molecule has 2 aromatic rings. The molecule has 1 heterocycles. The lowest BCUT2D eigenvalue weighted by atomic mass is 10.2. The number of ether oxygens (including phenoxy) is 1. The van der Waals surface area contributed by atoms with Crippen molar-refractivity contribution in [3.8, 4) is 5.75 Å². The van der Waals surface area contributed by atoms with E-state index < -0.39 is 5.97 Å². The van der Waals surface area contributed by atoms with E-state index in [1.807, 2.05) is 26.1 Å². The fourth-order valence-electron chi connectivity index (χ4n) is 1.86. The van der Waals surface area contributed by atoms with Crippen LogP contribution in [0.4, 0.5) is 0 Å². The number of aliphatic carboxylic acids is 1. The Bertz CT molecular complexity index is 692. The average molecular weight is 351 g/mol. The number of aromatic nitrogens is 2. The molecule has 0 atom stereocenters. The van der Waals surface area contributed by atoms with Crippen LogP contribution in [0.5, 0.6) is 5.75 Å². The number of hydrogen-bond acceptors (Lipinski definition) is 3. The summed E-state index contributed by atoms with van der Waals surface area (Å²) in [6.45, 7) is 2.35. The first-order valence-corrected chi connectivity index (χ1v) is 7.08. The van der Waals surface area contributed by atoms with Crippen molar-refractivity contribution in [3.63, 3.8) is 0 Å². The SMILES string of the molecule is Cc1cc(COc2ccc(C=CC(=O)O)cc2Br)n(C)n1. The molecule has 0 bridgehead atoms. The van der Waals surface area contributed by atoms with Crippen molar-refractivity contribution >= 4 is 28.0 Å². The Hall–Kier alpha value is -2.08. The molecule has 21 heavy (non-hydrogen) atoms. The molecule has 5 nitrogen and oxygen atoms in total. The number of carboxylic acid groups (broad SMARTS) is 1. The minimum Gasteiger partial charge on any atom is -0.486 e. The largest absolute Gasteiger partial charge is 0.486 e. The van der Waals surface area contributed by atoms with Crippen LogP contribution in [-0.4, -0.2) is 20.9 Å². The first-order valence-electron chi connectivity index (χ1n) is 6.28. The molecule has 110 valence electrons. The van der Waals surface area contributed by atoms with Gasteiger partial charge in [-0.3, -0.25) is 4.68 Å². The molecule has 6 heteroatoms. The minimum absolute atomic E-state index is 0.417. The highest BCUT2D eigenvalue weighted by Gasteiger charge is 2.06. The van der Waals surface area contributed by atoms with Crippen molar-refractivity contribution in [1.82, 2.24) is 9.78 Å². The molecule has 0 aliphatic heterocycles. The van der Waals surface area contributed by atoms with Crippen LogP contribution in [0.15, 0.2) is 34.8 Å². The quantitative estimate of drug-likeness (QED) is 0.841. The monoisotopic (exact) mass is 350 g/mol. The standard InChI is InChI=1S/C15H15BrN2O3/c1-10-7-12(18(2)17-10)9-21-14-5-3-11(8-13(14)16)4-6-15(19)20/h3-8H,9H2,1-2H3,(H,19,20). The van der Waals surface area contributed by atoms with Crippen molar-refractivity contribution in [2.24, 2.45) is 7.05 Å². The smallest absolute Gasteiger partial charge is 0.328 e. The zero-order chi connectivity index (χ0) is 15.4. The Morgan fingerprint density at radius 2 is 2.24 bits per heavy atom. The van der Waals surface area contributed by atoms with E-state index in [2.05, 4.69) is 21.0 Å². The molecule has 0 radical (unpaired) electrons. The van der Waals surface area contributed by atoms with E-state index in [1.165, 1.54) is 6.08 Å². The molecule has 0 amide bonds. The van der Waals surface area contributed by atoms with Crippen molar-refractivity contribution in [2.75, 3.05) is 0 Å². The van der Waals surface area contributed by atoms with E-state index in [0.29, 0.717) is 12.4 Å². The summed E-state index contributed by atoms with van der Waals surface area (Å²) in [6.07, 6.45) is 2.63. The van der Waals surface area contributed by atoms with E-state index in [-0.39, 0.29) is 0 Å². The lowest BCUT2D eigenvalue weighted by Crippen LogP contribution is -2.03. The average Bonchev–Trinajstić information content (AvgIpc) is 2.73. The van der Waals surface area contributed by atoms with Gasteiger partial charge in [0.05, 0.1) is 15.9 Å². The number of carbonyl (C=O) groups is 1. The van der Waals surface area contributed by atoms with Crippen LogP contribution in [0.25, 0.3) is 6.08 Å². The van der Waals surface area contributed by atoms with Crippen molar-refractivity contribution in [2.45, 2.75) is 13.5 Å². The summed E-state index contributed by atoms with van der Waals surface area (Å²) < 4.78 is 8.31. The van der Waals surface area contributed by atoms with Gasteiger partial charge in [0.15, 0.2) is 0 Å². The predicted octanol–water partition coefficient (Wildman–Crippen LogP) is 3.17. The van der Waals surface area contributed by atoms with Crippen LogP contribution in [0.2, 0.25) is 0 Å². The van der Waals surface area contributed by atoms with Gasteiger partial charge in [0, 0.05) is 13.1 Å². The first kappa shape index (κ1) is 15.3. The summed E-state index contributed by atoms with van der Waals surface area (Å²) in [5, 5.41) is 12.9. The van der Waals surface area contributed by atoms with Gasteiger partial charge in [0.25, 0.3) is 0 Å². The molecule has 1 aromatic carbocycles. The van der Waals surface area contributed by atoms with E-state index in [0.717, 1.165) is 27.5 Å². The summed E-state index contributed by atoms with van der Waals surface area (Å²) >= 11 is 3.42. The van der Waals surface area contributed by atoms with Gasteiger partial charge >= 0.3 is 5.97 Å². The Morgan fingerprint density at radius 1 is 1.48 bits per heavy atom. The van der Waals surface area contributed by atoms with Crippen molar-refractivity contribution < 1.29 is 14.6 Å².